The summed E-state index contributed by atoms with van der Waals surface area (Å²) in [5, 5.41) is 35.2. The van der Waals surface area contributed by atoms with Crippen LogP contribution in [0.4, 0.5) is 19.2 Å². The fraction of sp³-hybridized carbons (Fsp3) is 0.532. The number of nitrogens with one attached hydrogen (secondary N) is 6. The molecule has 28 nitrogen and oxygen atoms in total. The molecule has 2 aromatic carbocycles. The van der Waals surface area contributed by atoms with Gasteiger partial charge in [0.2, 0.25) is 12.0 Å². The first kappa shape index (κ1) is 104. The Labute approximate surface area is 770 Å². The zero-order valence-corrected chi connectivity index (χ0v) is 83.6. The van der Waals surface area contributed by atoms with E-state index < -0.39 is 48.2 Å². The topological polar surface area (TPSA) is 360 Å². The number of benzene rings is 2. The van der Waals surface area contributed by atoms with Crippen molar-refractivity contribution in [1.29, 1.82) is 0 Å². The number of aromatic nitrogens is 5. The van der Waals surface area contributed by atoms with Gasteiger partial charge in [0.05, 0.1) is 89.1 Å². The summed E-state index contributed by atoms with van der Waals surface area (Å²) < 4.78 is 14.7. The number of halogens is 6. The van der Waals surface area contributed by atoms with Crippen molar-refractivity contribution in [2.75, 3.05) is 14.2 Å². The summed E-state index contributed by atoms with van der Waals surface area (Å²) in [4.78, 5) is 139. The molecule has 0 spiro atoms. The maximum Gasteiger partial charge on any atom is 0.0795 e. The summed E-state index contributed by atoms with van der Waals surface area (Å²) in [5.74, 6) is -2.49. The minimum absolute atomic E-state index is 0. The number of carboxylic acid groups (broad SMARTS) is 1. The third kappa shape index (κ3) is 41.2. The molecule has 8 amide bonds. The average molecular weight is 2370 g/mol. The number of alkyl carbamates (subject to hydrolysis) is 1. The van der Waals surface area contributed by atoms with E-state index in [1.807, 2.05) is 110 Å². The zero-order chi connectivity index (χ0) is 84.2. The van der Waals surface area contributed by atoms with Gasteiger partial charge in [0.25, 0.3) is 0 Å². The molecule has 7 N–H and O–H groups in total. The van der Waals surface area contributed by atoms with Crippen LogP contribution in [-0.4, -0.2) is 173 Å². The van der Waals surface area contributed by atoms with Crippen LogP contribution in [0.2, 0.25) is 0 Å². The van der Waals surface area contributed by atoms with Gasteiger partial charge in [-0.3, -0.25) is 9.78 Å². The van der Waals surface area contributed by atoms with E-state index in [1.165, 1.54) is 84.2 Å². The largest absolute Gasteiger partial charge is 0.308 e. The summed E-state index contributed by atoms with van der Waals surface area (Å²) in [5.41, 5.74) is 14.8. The molecule has 0 saturated heterocycles. The van der Waals surface area contributed by atoms with Crippen molar-refractivity contribution in [3.8, 4) is 0 Å². The number of isocyanates is 1. The number of thiazole rings is 5. The van der Waals surface area contributed by atoms with Crippen molar-refractivity contribution in [3.63, 3.8) is 0 Å². The van der Waals surface area contributed by atoms with Crippen LogP contribution in [0, 0.1) is 23.7 Å². The molecule has 4 saturated carbocycles. The van der Waals surface area contributed by atoms with Gasteiger partial charge in [-0.15, -0.1) is 80.7 Å². The summed E-state index contributed by atoms with van der Waals surface area (Å²) in [6.07, 6.45) is 13.5. The Morgan fingerprint density at radius 1 is 0.552 bits per heavy atom. The third-order valence-corrected chi connectivity index (χ3v) is 21.2. The second kappa shape index (κ2) is 58.3. The van der Waals surface area contributed by atoms with Crippen LogP contribution in [-0.2, 0) is 83.8 Å². The van der Waals surface area contributed by atoms with E-state index in [0.29, 0.717) is 58.6 Å². The predicted molar refractivity (Wildman–Crippen MR) is 496 cm³/mol. The normalized spacial score (nSPS) is 14.5. The molecule has 0 bridgehead atoms. The molecule has 0 radical (unpaired) electrons. The monoisotopic (exact) mass is 2370 g/mol. The predicted octanol–water partition coefficient (Wildman–Crippen LogP) is 13.4. The number of carbonyl (C=O) groups excluding carboxylic acids is 8. The van der Waals surface area contributed by atoms with Crippen molar-refractivity contribution in [2.45, 2.75) is 226 Å². The van der Waals surface area contributed by atoms with Crippen LogP contribution >= 0.6 is 155 Å². The molecule has 5 heterocycles. The molecule has 6 atom stereocenters. The summed E-state index contributed by atoms with van der Waals surface area (Å²) in [6, 6.07) is 17.3. The smallest absolute Gasteiger partial charge is 0.0795 e. The number of hydrogen-bond donors (Lipinski definition) is 7. The fourth-order valence-electron chi connectivity index (χ4n) is 11.2. The third-order valence-electron chi connectivity index (χ3n) is 17.9. The quantitative estimate of drug-likeness (QED) is 0.00638. The molecule has 5 aromatic heterocycles. The maximum absolute atomic E-state index is 13.9. The number of amides is 8. The summed E-state index contributed by atoms with van der Waals surface area (Å²) in [7, 11) is 2.59. The molecule has 4 fully saturated rings. The van der Waals surface area contributed by atoms with E-state index in [4.69, 9.17) is 14.6 Å². The molecule has 4 aliphatic rings. The zero-order valence-electron chi connectivity index (χ0n) is 66.4. The SMILES string of the molecule is CC(C)[C@H](NC(=O)N(Cc1cscn1)C1CC1)C(=O)N[C@H](CC[C@H](Cc1ccccc1)NC(=O)OCc1cncs1)Cc1ccccc1.CC(C)[C@H](NC(=O)N(Cc1cscn1)C1CC1)C(=O)O.COC(=O)[C@@H](N=C=O)C(C)C.COC(=O)[C@@H](NC(=O)N(Cc1cscn1)C1CC1)C(C)C.I.II.I[I-]I.c1nc(CNC2CC2)cs1. The molecule has 4 aliphatic carbocycles. The van der Waals surface area contributed by atoms with E-state index >= 15 is 0 Å². The number of rotatable bonds is 35. The van der Waals surface area contributed by atoms with Crippen LogP contribution in [0.3, 0.4) is 0 Å². The number of hydrogen-bond acceptors (Lipinski definition) is 24. The molecule has 640 valence electrons. The van der Waals surface area contributed by atoms with E-state index in [2.05, 4.69) is 146 Å². The van der Waals surface area contributed by atoms with Gasteiger partial charge < -0.3 is 65.9 Å². The number of aliphatic imine (C=N–C) groups is 1. The number of nitrogens with zero attached hydrogens (tertiary/aromatic N) is 9. The van der Waals surface area contributed by atoms with Gasteiger partial charge in [0, 0.05) is 108 Å². The standard InChI is InChI=1S/C36H44N6O4S2.C14H21N3O3S.C13H19N3O3S.C7H10N2S.C7H11NO3.I3.I2.HI/c1-25(2)33(41-35(44)42(31-15-16-31)20-30-22-47-24-38-30)34(43)39-28(17-26-9-5-3-6-10-26)13-14-29(18-27-11-7-4-8-12-27)40-36(45)46-21-32-19-37-23-48-32;1-9(2)12(13(18)20-3)16-14(19)17(11-4-5-11)6-10-7-21-8-15-10;1-8(2)11(12(17)18)15-13(19)16(10-3-4-10)5-9-6-20-7-14-9;1-2-6(1)8-3-7-4-10-5-9-7;1-5(2)6(8-4-9)7(10)11-3;1-3-2;1-2;/h3-12,19,22-25,28-29,31,33H,13-18,20-21H2,1-2H3,(H,39,43)(H,40,45)(H,41,44);7-9,11-12H,4-6H2,1-3H3,(H,16,19);6-8,10-11H,3-5H2,1-2H3,(H,15,19)(H,17,18);4-6,8H,1-3H2;5-6H,1-3H3;;;1H/q;;;;;-1;;/t28-,29-,33+;12-;11-;;6-;;;/m100.0.../s1. The van der Waals surface area contributed by atoms with E-state index in [1.54, 1.807) is 82.0 Å². The minimum atomic E-state index is -1.00. The first-order valence-corrected chi connectivity index (χ1v) is 60.9. The molecule has 0 unspecified atom stereocenters. The summed E-state index contributed by atoms with van der Waals surface area (Å²) >= 11 is 17.1. The van der Waals surface area contributed by atoms with Crippen molar-refractivity contribution >= 4 is 209 Å². The van der Waals surface area contributed by atoms with Gasteiger partial charge in [-0.25, -0.2) is 58.3 Å². The number of carboxylic acids is 1. The van der Waals surface area contributed by atoms with Gasteiger partial charge in [-0.2, -0.15) is 4.99 Å². The molecular formula is C77H106I6N15O13S5-. The van der Waals surface area contributed by atoms with Gasteiger partial charge in [-0.05, 0) is 112 Å². The Morgan fingerprint density at radius 2 is 0.948 bits per heavy atom. The first-order valence-electron chi connectivity index (χ1n) is 37.4. The molecule has 11 rings (SSSR count). The maximum atomic E-state index is 13.9. The van der Waals surface area contributed by atoms with Crippen molar-refractivity contribution < 1.29 is 75.7 Å². The molecule has 116 heavy (non-hydrogen) atoms. The van der Waals surface area contributed by atoms with Gasteiger partial charge in [-0.1, -0.05) is 116 Å². The van der Waals surface area contributed by atoms with E-state index in [-0.39, 0.29) is 108 Å². The van der Waals surface area contributed by atoms with Crippen LogP contribution in [0.5, 0.6) is 0 Å². The van der Waals surface area contributed by atoms with Crippen molar-refractivity contribution in [1.82, 2.24) is 71.5 Å². The average Bonchev–Trinajstić information content (AvgIpc) is 1.72. The molecule has 39 heteroatoms. The number of ether oxygens (including phenoxy) is 3. The number of carbonyl (C=O) groups is 8. The second-order valence-electron chi connectivity index (χ2n) is 28.6. The first-order chi connectivity index (χ1) is 55.3. The molecular weight excluding hydrogens is 2260 g/mol. The van der Waals surface area contributed by atoms with E-state index in [0.717, 1.165) is 84.2 Å². The molecule has 7 aromatic rings. The second-order valence-corrected chi connectivity index (χ2v) is 48.7. The Bertz CT molecular complexity index is 3950. The van der Waals surface area contributed by atoms with Gasteiger partial charge in [0.1, 0.15) is 24.7 Å². The Hall–Kier alpha value is -4.73. The fourth-order valence-corrected chi connectivity index (χ4v) is 13.9. The van der Waals surface area contributed by atoms with Crippen LogP contribution in [0.1, 0.15) is 158 Å². The summed E-state index contributed by atoms with van der Waals surface area (Å²) in [6.45, 7) is 17.2. The molecule has 0 aliphatic heterocycles. The number of aliphatic carboxylic acids is 1. The Kier molecular flexibility index (Phi) is 52.1. The Morgan fingerprint density at radius 3 is 1.28 bits per heavy atom. The van der Waals surface area contributed by atoms with Crippen LogP contribution in [0.25, 0.3) is 0 Å². The van der Waals surface area contributed by atoms with Crippen molar-refractivity contribution in [2.24, 2.45) is 28.7 Å². The number of urea groups is 3. The minimum Gasteiger partial charge on any atom is -0.308 e. The van der Waals surface area contributed by atoms with E-state index in [9.17, 15) is 43.2 Å². The Balaban J connectivity index is 0.000000343. The van der Waals surface area contributed by atoms with Crippen LogP contribution < -0.4 is 45.2 Å². The number of esters is 2. The number of methoxy groups -OCH3 is 2. The van der Waals surface area contributed by atoms with Gasteiger partial charge >= 0.3 is 92.6 Å². The van der Waals surface area contributed by atoms with Crippen molar-refractivity contribution in [3.05, 3.63) is 155 Å². The van der Waals surface area contributed by atoms with Crippen LogP contribution in [0.15, 0.2) is 121 Å². The van der Waals surface area contributed by atoms with Gasteiger partial charge in [0.15, 0.2) is 6.04 Å².